The molecule has 2 aliphatic heterocycles. The number of nitro groups is 1. The van der Waals surface area contributed by atoms with Crippen molar-refractivity contribution in [2.45, 2.75) is 19.3 Å². The van der Waals surface area contributed by atoms with Crippen molar-refractivity contribution in [2.75, 3.05) is 51.3 Å². The van der Waals surface area contributed by atoms with Gasteiger partial charge in [-0.25, -0.2) is 4.90 Å². The Labute approximate surface area is 255 Å². The Morgan fingerprint density at radius 1 is 0.884 bits per heavy atom. The number of nitro benzene ring substituents is 1. The molecule has 3 aromatic carbocycles. The smallest absolute Gasteiger partial charge is 0.298 e. The van der Waals surface area contributed by atoms with E-state index in [0.717, 1.165) is 69.3 Å². The summed E-state index contributed by atoms with van der Waals surface area (Å²) in [5, 5.41) is 10.5. The number of anilines is 1. The van der Waals surface area contributed by atoms with Crippen LogP contribution in [0.4, 0.5) is 16.2 Å². The van der Waals surface area contributed by atoms with Crippen LogP contribution < -0.4 is 14.4 Å². The first-order chi connectivity index (χ1) is 20.9. The maximum Gasteiger partial charge on any atom is 0.298 e. The molecule has 2 fully saturated rings. The normalized spacial score (nSPS) is 17.0. The summed E-state index contributed by atoms with van der Waals surface area (Å²) in [6.07, 6.45) is 4.85. The van der Waals surface area contributed by atoms with E-state index in [1.807, 2.05) is 6.07 Å². The number of ether oxygens (including phenoxy) is 2. The van der Waals surface area contributed by atoms with E-state index in [1.165, 1.54) is 29.2 Å². The van der Waals surface area contributed by atoms with E-state index in [0.29, 0.717) is 34.4 Å². The zero-order valence-electron chi connectivity index (χ0n) is 24.0. The second-order valence-corrected chi connectivity index (χ2v) is 11.5. The van der Waals surface area contributed by atoms with Crippen molar-refractivity contribution in [1.29, 1.82) is 0 Å². The van der Waals surface area contributed by atoms with E-state index in [4.69, 9.17) is 9.47 Å². The predicted molar refractivity (Wildman–Crippen MR) is 168 cm³/mol. The van der Waals surface area contributed by atoms with E-state index in [-0.39, 0.29) is 16.8 Å². The quantitative estimate of drug-likeness (QED) is 0.100. The highest BCUT2D eigenvalue weighted by atomic mass is 32.2. The summed E-state index contributed by atoms with van der Waals surface area (Å²) in [5.41, 5.74) is 1.19. The first kappa shape index (κ1) is 30.3. The molecule has 3 aromatic rings. The van der Waals surface area contributed by atoms with Crippen molar-refractivity contribution in [3.63, 3.8) is 0 Å². The lowest BCUT2D eigenvalue weighted by Gasteiger charge is -2.32. The number of likely N-dealkylation sites (N-methyl/N-ethyl adjacent to an activating group) is 1. The number of hydrogen-bond donors (Lipinski definition) is 0. The third-order valence-electron chi connectivity index (χ3n) is 7.31. The van der Waals surface area contributed by atoms with Gasteiger partial charge in [0, 0.05) is 44.4 Å². The summed E-state index contributed by atoms with van der Waals surface area (Å²) in [6, 6.07) is 19.9. The Bertz CT molecular complexity index is 1470. The van der Waals surface area contributed by atoms with Crippen LogP contribution in [0, 0.1) is 10.1 Å². The van der Waals surface area contributed by atoms with Crippen LogP contribution in [0.2, 0.25) is 0 Å². The number of rotatable bonds is 12. The average molecular weight is 603 g/mol. The molecule has 2 amide bonds. The summed E-state index contributed by atoms with van der Waals surface area (Å²) in [6.45, 7) is 6.24. The third-order valence-corrected chi connectivity index (χ3v) is 8.18. The van der Waals surface area contributed by atoms with Gasteiger partial charge in [0.25, 0.3) is 16.8 Å². The van der Waals surface area contributed by atoms with Gasteiger partial charge in [-0.1, -0.05) is 18.2 Å². The Balaban J connectivity index is 1.12. The van der Waals surface area contributed by atoms with Crippen LogP contribution in [0.25, 0.3) is 6.08 Å². The van der Waals surface area contributed by atoms with Gasteiger partial charge >= 0.3 is 0 Å². The predicted octanol–water partition coefficient (Wildman–Crippen LogP) is 6.42. The molecule has 0 bridgehead atoms. The van der Waals surface area contributed by atoms with Gasteiger partial charge in [-0.05, 0) is 92.7 Å². The van der Waals surface area contributed by atoms with Crippen LogP contribution in [0.3, 0.4) is 0 Å². The standard InChI is InChI=1S/C32H34N4O6S/c1-33-17-19-34(20-18-33)16-3-2-4-21-41-29-7-5-6-26(23-29)35-31(37)30(43-32(35)38)22-24-8-12-27(13-9-24)42-28-14-10-25(11-15-28)36(39)40/h5-15,22-23H,2-4,16-21H2,1H3. The number of carbonyl (C=O) groups is 2. The SMILES string of the molecule is CN1CCN(CCCCCOc2cccc(N3C(=O)SC(=Cc4ccc(Oc5ccc([N+](=O)[O-])cc5)cc4)C3=O)c2)CC1. The van der Waals surface area contributed by atoms with E-state index < -0.39 is 4.92 Å². The minimum absolute atomic E-state index is 0.0153. The van der Waals surface area contributed by atoms with Gasteiger partial charge in [-0.2, -0.15) is 0 Å². The molecule has 0 saturated carbocycles. The molecule has 11 heteroatoms. The molecule has 43 heavy (non-hydrogen) atoms. The van der Waals surface area contributed by atoms with E-state index >= 15 is 0 Å². The maximum atomic E-state index is 13.2. The highest BCUT2D eigenvalue weighted by Gasteiger charge is 2.36. The summed E-state index contributed by atoms with van der Waals surface area (Å²) in [4.78, 5) is 42.7. The van der Waals surface area contributed by atoms with Crippen LogP contribution >= 0.6 is 11.8 Å². The molecule has 10 nitrogen and oxygen atoms in total. The summed E-state index contributed by atoms with van der Waals surface area (Å²) in [5.74, 6) is 1.24. The number of piperazine rings is 1. The molecule has 0 spiro atoms. The van der Waals surface area contributed by atoms with Gasteiger partial charge in [0.05, 0.1) is 22.1 Å². The monoisotopic (exact) mass is 602 g/mol. The number of hydrogen-bond acceptors (Lipinski definition) is 9. The first-order valence-corrected chi connectivity index (χ1v) is 15.1. The number of nitrogens with zero attached hydrogens (tertiary/aromatic N) is 4. The van der Waals surface area contributed by atoms with Crippen LogP contribution in [0.5, 0.6) is 17.2 Å². The van der Waals surface area contributed by atoms with Crippen molar-refractivity contribution in [2.24, 2.45) is 0 Å². The molecule has 0 aliphatic carbocycles. The van der Waals surface area contributed by atoms with Crippen LogP contribution in [0.15, 0.2) is 77.7 Å². The maximum absolute atomic E-state index is 13.2. The summed E-state index contributed by atoms with van der Waals surface area (Å²) >= 11 is 0.891. The van der Waals surface area contributed by atoms with E-state index in [9.17, 15) is 19.7 Å². The van der Waals surface area contributed by atoms with Gasteiger partial charge in [-0.3, -0.25) is 19.7 Å². The summed E-state index contributed by atoms with van der Waals surface area (Å²) in [7, 11) is 2.17. The van der Waals surface area contributed by atoms with Crippen molar-refractivity contribution < 1.29 is 24.0 Å². The van der Waals surface area contributed by atoms with Gasteiger partial charge in [0.15, 0.2) is 0 Å². The number of non-ortho nitro benzene ring substituents is 1. The first-order valence-electron chi connectivity index (χ1n) is 14.3. The van der Waals surface area contributed by atoms with Crippen molar-refractivity contribution in [3.05, 3.63) is 93.4 Å². The van der Waals surface area contributed by atoms with E-state index in [1.54, 1.807) is 48.5 Å². The van der Waals surface area contributed by atoms with E-state index in [2.05, 4.69) is 16.8 Å². The van der Waals surface area contributed by atoms with Gasteiger partial charge in [-0.15, -0.1) is 0 Å². The van der Waals surface area contributed by atoms with Gasteiger partial charge in [0.1, 0.15) is 17.2 Å². The molecule has 2 heterocycles. The molecule has 0 atom stereocenters. The Hall–Kier alpha value is -4.19. The highest BCUT2D eigenvalue weighted by Crippen LogP contribution is 2.37. The topological polar surface area (TPSA) is 105 Å². The number of unbranched alkanes of at least 4 members (excludes halogenated alkanes) is 2. The lowest BCUT2D eigenvalue weighted by atomic mass is 10.2. The van der Waals surface area contributed by atoms with Crippen LogP contribution in [0.1, 0.15) is 24.8 Å². The molecule has 0 aromatic heterocycles. The molecule has 224 valence electrons. The second-order valence-electron chi connectivity index (χ2n) is 10.5. The molecule has 0 radical (unpaired) electrons. The number of imide groups is 1. The second kappa shape index (κ2) is 14.3. The number of amides is 2. The van der Waals surface area contributed by atoms with Gasteiger partial charge in [0.2, 0.25) is 0 Å². The van der Waals surface area contributed by atoms with Crippen LogP contribution in [-0.2, 0) is 4.79 Å². The number of thioether (sulfide) groups is 1. The fourth-order valence-corrected chi connectivity index (χ4v) is 5.68. The lowest BCUT2D eigenvalue weighted by Crippen LogP contribution is -2.44. The number of benzene rings is 3. The fraction of sp³-hybridized carbons (Fsp3) is 0.312. The molecule has 0 N–H and O–H groups in total. The third kappa shape index (κ3) is 8.22. The van der Waals surface area contributed by atoms with Crippen molar-refractivity contribution in [3.8, 4) is 17.2 Å². The molecule has 5 rings (SSSR count). The Kier molecular flexibility index (Phi) is 10.1. The highest BCUT2D eigenvalue weighted by molar-refractivity contribution is 8.19. The largest absolute Gasteiger partial charge is 0.494 e. The minimum atomic E-state index is -0.469. The van der Waals surface area contributed by atoms with Gasteiger partial charge < -0.3 is 19.3 Å². The lowest BCUT2D eigenvalue weighted by molar-refractivity contribution is -0.384. The van der Waals surface area contributed by atoms with Crippen molar-refractivity contribution in [1.82, 2.24) is 9.80 Å². The molecular formula is C32H34N4O6S. The molecular weight excluding hydrogens is 568 g/mol. The zero-order valence-corrected chi connectivity index (χ0v) is 24.8. The zero-order chi connectivity index (χ0) is 30.2. The Morgan fingerprint density at radius 2 is 1.58 bits per heavy atom. The number of carbonyl (C=O) groups excluding carboxylic acids is 2. The Morgan fingerprint density at radius 3 is 2.28 bits per heavy atom. The molecule has 2 saturated heterocycles. The van der Waals surface area contributed by atoms with Crippen LogP contribution in [-0.4, -0.2) is 72.2 Å². The summed E-state index contributed by atoms with van der Waals surface area (Å²) < 4.78 is 11.7. The molecule has 0 unspecified atom stereocenters. The minimum Gasteiger partial charge on any atom is -0.494 e. The molecule has 2 aliphatic rings. The average Bonchev–Trinajstić information content (AvgIpc) is 3.29. The fourth-order valence-electron chi connectivity index (χ4n) is 4.83. The van der Waals surface area contributed by atoms with Crippen molar-refractivity contribution >= 4 is 40.4 Å².